The van der Waals surface area contributed by atoms with Crippen LogP contribution in [0.1, 0.15) is 42.6 Å². The van der Waals surface area contributed by atoms with E-state index < -0.39 is 0 Å². The highest BCUT2D eigenvalue weighted by Gasteiger charge is 2.18. The van der Waals surface area contributed by atoms with Crippen molar-refractivity contribution in [3.05, 3.63) is 29.3 Å². The van der Waals surface area contributed by atoms with Crippen LogP contribution in [0, 0.1) is 0 Å². The van der Waals surface area contributed by atoms with Crippen LogP contribution in [0.2, 0.25) is 0 Å². The third-order valence-electron chi connectivity index (χ3n) is 3.72. The van der Waals surface area contributed by atoms with Gasteiger partial charge in [0.25, 0.3) is 0 Å². The van der Waals surface area contributed by atoms with Crippen LogP contribution in [-0.2, 0) is 6.54 Å². The quantitative estimate of drug-likeness (QED) is 0.839. The van der Waals surface area contributed by atoms with Crippen molar-refractivity contribution in [1.29, 1.82) is 0 Å². The molecular weight excluding hydrogens is 254 g/mol. The fourth-order valence-electron chi connectivity index (χ4n) is 2.54. The number of Topliss-reactive ketones (excluding diaryl/α,β-unsaturated/α-hetero) is 1. The van der Waals surface area contributed by atoms with Gasteiger partial charge in [0.1, 0.15) is 5.75 Å². The Bertz CT molecular complexity index is 465. The minimum Gasteiger partial charge on any atom is -0.494 e. The zero-order chi connectivity index (χ0) is 14.5. The number of carbonyl (C=O) groups is 1. The number of piperidine rings is 1. The fraction of sp³-hybridized carbons (Fsp3) is 0.562. The highest BCUT2D eigenvalue weighted by atomic mass is 16.5. The van der Waals surface area contributed by atoms with Crippen molar-refractivity contribution in [2.24, 2.45) is 0 Å². The molecule has 1 N–H and O–H groups in total. The summed E-state index contributed by atoms with van der Waals surface area (Å²) in [5, 5.41) is 9.55. The number of aliphatic hydroxyl groups excluding tert-OH is 1. The summed E-state index contributed by atoms with van der Waals surface area (Å²) in [5.74, 6) is 0.923. The molecule has 0 radical (unpaired) electrons. The summed E-state index contributed by atoms with van der Waals surface area (Å²) < 4.78 is 5.65. The van der Waals surface area contributed by atoms with Gasteiger partial charge in [-0.1, -0.05) is 0 Å². The monoisotopic (exact) mass is 277 g/mol. The molecule has 0 bridgehead atoms. The van der Waals surface area contributed by atoms with Crippen molar-refractivity contribution in [3.8, 4) is 5.75 Å². The van der Waals surface area contributed by atoms with Crippen LogP contribution >= 0.6 is 0 Å². The first-order valence-corrected chi connectivity index (χ1v) is 7.27. The number of ether oxygens (including phenoxy) is 1. The van der Waals surface area contributed by atoms with Crippen LogP contribution < -0.4 is 4.74 Å². The van der Waals surface area contributed by atoms with E-state index in [0.29, 0.717) is 6.61 Å². The minimum absolute atomic E-state index is 0.0726. The molecule has 1 aliphatic rings. The predicted molar refractivity (Wildman–Crippen MR) is 78.1 cm³/mol. The smallest absolute Gasteiger partial charge is 0.159 e. The summed E-state index contributed by atoms with van der Waals surface area (Å²) in [6.07, 6.45) is 1.47. The molecule has 1 saturated heterocycles. The fourth-order valence-corrected chi connectivity index (χ4v) is 2.54. The van der Waals surface area contributed by atoms with E-state index in [0.717, 1.165) is 49.4 Å². The lowest BCUT2D eigenvalue weighted by atomic mass is 10.0. The van der Waals surface area contributed by atoms with Gasteiger partial charge in [0, 0.05) is 30.8 Å². The van der Waals surface area contributed by atoms with E-state index in [-0.39, 0.29) is 11.9 Å². The van der Waals surface area contributed by atoms with Gasteiger partial charge in [-0.3, -0.25) is 9.69 Å². The van der Waals surface area contributed by atoms with Gasteiger partial charge in [0.05, 0.1) is 12.7 Å². The zero-order valence-electron chi connectivity index (χ0n) is 12.3. The normalized spacial score (nSPS) is 17.1. The second-order valence-corrected chi connectivity index (χ2v) is 5.32. The molecule has 4 nitrogen and oxygen atoms in total. The van der Waals surface area contributed by atoms with Gasteiger partial charge in [-0.15, -0.1) is 0 Å². The van der Waals surface area contributed by atoms with E-state index in [9.17, 15) is 9.90 Å². The van der Waals surface area contributed by atoms with E-state index >= 15 is 0 Å². The number of aliphatic hydroxyl groups is 1. The number of likely N-dealkylation sites (tertiary alicyclic amines) is 1. The average molecular weight is 277 g/mol. The van der Waals surface area contributed by atoms with E-state index in [2.05, 4.69) is 4.90 Å². The summed E-state index contributed by atoms with van der Waals surface area (Å²) in [6.45, 7) is 6.69. The van der Waals surface area contributed by atoms with Crippen molar-refractivity contribution >= 4 is 5.78 Å². The average Bonchev–Trinajstić information content (AvgIpc) is 2.43. The first-order chi connectivity index (χ1) is 9.60. The molecule has 4 heteroatoms. The van der Waals surface area contributed by atoms with Crippen LogP contribution in [0.15, 0.2) is 18.2 Å². The van der Waals surface area contributed by atoms with Crippen LogP contribution in [-0.4, -0.2) is 41.6 Å². The first kappa shape index (κ1) is 15.0. The molecule has 1 heterocycles. The first-order valence-electron chi connectivity index (χ1n) is 7.27. The van der Waals surface area contributed by atoms with Crippen molar-refractivity contribution in [1.82, 2.24) is 4.90 Å². The number of hydrogen-bond acceptors (Lipinski definition) is 4. The Labute approximate surface area is 120 Å². The molecule has 1 aromatic carbocycles. The lowest BCUT2D eigenvalue weighted by molar-refractivity contribution is 0.0788. The molecule has 1 fully saturated rings. The maximum Gasteiger partial charge on any atom is 0.159 e. The second kappa shape index (κ2) is 6.86. The number of ketones is 1. The maximum absolute atomic E-state index is 11.5. The summed E-state index contributed by atoms with van der Waals surface area (Å²) in [5.41, 5.74) is 1.77. The van der Waals surface area contributed by atoms with E-state index in [1.54, 1.807) is 6.92 Å². The van der Waals surface area contributed by atoms with E-state index in [4.69, 9.17) is 4.74 Å². The van der Waals surface area contributed by atoms with Crippen molar-refractivity contribution < 1.29 is 14.6 Å². The molecule has 0 aliphatic carbocycles. The van der Waals surface area contributed by atoms with Gasteiger partial charge >= 0.3 is 0 Å². The molecule has 2 rings (SSSR count). The minimum atomic E-state index is -0.166. The Morgan fingerprint density at radius 1 is 1.40 bits per heavy atom. The van der Waals surface area contributed by atoms with Crippen molar-refractivity contribution in [2.75, 3.05) is 19.7 Å². The van der Waals surface area contributed by atoms with Gasteiger partial charge in [-0.05, 0) is 44.9 Å². The summed E-state index contributed by atoms with van der Waals surface area (Å²) in [7, 11) is 0. The molecule has 110 valence electrons. The van der Waals surface area contributed by atoms with Gasteiger partial charge in [0.2, 0.25) is 0 Å². The molecule has 0 atom stereocenters. The number of nitrogens with zero attached hydrogens (tertiary/aromatic N) is 1. The Hall–Kier alpha value is -1.39. The SMILES string of the molecule is CCOc1ccc(C(C)=O)cc1CN1CCC(O)CC1. The summed E-state index contributed by atoms with van der Waals surface area (Å²) in [4.78, 5) is 13.8. The Morgan fingerprint density at radius 2 is 2.10 bits per heavy atom. The lowest BCUT2D eigenvalue weighted by Crippen LogP contribution is -2.35. The van der Waals surface area contributed by atoms with E-state index in [1.165, 1.54) is 0 Å². The number of hydrogen-bond donors (Lipinski definition) is 1. The standard InChI is InChI=1S/C16H23NO3/c1-3-20-16-5-4-13(12(2)18)10-14(16)11-17-8-6-15(19)7-9-17/h4-5,10,15,19H,3,6-9,11H2,1-2H3. The summed E-state index contributed by atoms with van der Waals surface area (Å²) in [6, 6.07) is 5.63. The molecule has 0 saturated carbocycles. The molecule has 0 amide bonds. The van der Waals surface area contributed by atoms with Gasteiger partial charge < -0.3 is 9.84 Å². The molecule has 0 unspecified atom stereocenters. The van der Waals surface area contributed by atoms with Crippen molar-refractivity contribution in [3.63, 3.8) is 0 Å². The van der Waals surface area contributed by atoms with Gasteiger partial charge in [0.15, 0.2) is 5.78 Å². The third-order valence-corrected chi connectivity index (χ3v) is 3.72. The Balaban J connectivity index is 2.14. The third kappa shape index (κ3) is 3.81. The number of benzene rings is 1. The molecule has 20 heavy (non-hydrogen) atoms. The second-order valence-electron chi connectivity index (χ2n) is 5.32. The number of carbonyl (C=O) groups excluding carboxylic acids is 1. The molecule has 1 aromatic rings. The highest BCUT2D eigenvalue weighted by Crippen LogP contribution is 2.24. The van der Waals surface area contributed by atoms with E-state index in [1.807, 2.05) is 25.1 Å². The van der Waals surface area contributed by atoms with Crippen LogP contribution in [0.5, 0.6) is 5.75 Å². The highest BCUT2D eigenvalue weighted by molar-refractivity contribution is 5.94. The van der Waals surface area contributed by atoms with Crippen LogP contribution in [0.4, 0.5) is 0 Å². The Morgan fingerprint density at radius 3 is 2.70 bits per heavy atom. The molecule has 1 aliphatic heterocycles. The van der Waals surface area contributed by atoms with Crippen LogP contribution in [0.3, 0.4) is 0 Å². The van der Waals surface area contributed by atoms with Crippen LogP contribution in [0.25, 0.3) is 0 Å². The predicted octanol–water partition coefficient (Wildman–Crippen LogP) is 2.24. The lowest BCUT2D eigenvalue weighted by Gasteiger charge is -2.30. The Kier molecular flexibility index (Phi) is 5.15. The number of rotatable bonds is 5. The zero-order valence-corrected chi connectivity index (χ0v) is 12.3. The summed E-state index contributed by atoms with van der Waals surface area (Å²) >= 11 is 0. The molecular formula is C16H23NO3. The van der Waals surface area contributed by atoms with Gasteiger partial charge in [-0.2, -0.15) is 0 Å². The maximum atomic E-state index is 11.5. The van der Waals surface area contributed by atoms with Crippen molar-refractivity contribution in [2.45, 2.75) is 39.3 Å². The van der Waals surface area contributed by atoms with Gasteiger partial charge in [-0.25, -0.2) is 0 Å². The molecule has 0 aromatic heterocycles. The topological polar surface area (TPSA) is 49.8 Å². The molecule has 0 spiro atoms. The largest absolute Gasteiger partial charge is 0.494 e.